The van der Waals surface area contributed by atoms with Crippen molar-refractivity contribution < 1.29 is 14.3 Å². The van der Waals surface area contributed by atoms with Gasteiger partial charge in [-0.25, -0.2) is 14.6 Å². The van der Waals surface area contributed by atoms with E-state index in [1.807, 2.05) is 45.0 Å². The van der Waals surface area contributed by atoms with Crippen LogP contribution < -0.4 is 20.7 Å². The van der Waals surface area contributed by atoms with Crippen LogP contribution in [0.15, 0.2) is 24.3 Å². The molecule has 1 aromatic carbocycles. The number of carbonyl (C=O) groups is 2. The first-order valence-electron chi connectivity index (χ1n) is 9.30. The first-order valence-corrected chi connectivity index (χ1v) is 10.1. The van der Waals surface area contributed by atoms with E-state index in [4.69, 9.17) is 4.74 Å². The van der Waals surface area contributed by atoms with Gasteiger partial charge in [-0.3, -0.25) is 5.32 Å². The fraction of sp³-hybridized carbons (Fsp3) is 0.421. The molecule has 0 saturated carbocycles. The Hall–Kier alpha value is -2.81. The van der Waals surface area contributed by atoms with Gasteiger partial charge >= 0.3 is 12.1 Å². The second-order valence-electron chi connectivity index (χ2n) is 6.67. The maximum absolute atomic E-state index is 12.7. The third kappa shape index (κ3) is 4.92. The molecular weight excluding hydrogens is 378 g/mol. The number of urea groups is 2. The number of amides is 4. The van der Waals surface area contributed by atoms with Crippen molar-refractivity contribution in [3.63, 3.8) is 0 Å². The van der Waals surface area contributed by atoms with E-state index in [0.29, 0.717) is 42.7 Å². The normalized spacial score (nSPS) is 13.1. The Balaban J connectivity index is 1.63. The van der Waals surface area contributed by atoms with Crippen LogP contribution in [0.25, 0.3) is 0 Å². The SMILES string of the molecule is CCOc1ccccc1NC(=O)N1CCc2nc(NC(=O)NC(C)C)sc2C1. The number of aromatic nitrogens is 1. The highest BCUT2D eigenvalue weighted by atomic mass is 32.1. The molecule has 9 heteroatoms. The monoisotopic (exact) mass is 403 g/mol. The van der Waals surface area contributed by atoms with E-state index in [-0.39, 0.29) is 18.1 Å². The third-order valence-corrected chi connectivity index (χ3v) is 5.09. The van der Waals surface area contributed by atoms with Crippen LogP contribution in [0.3, 0.4) is 0 Å². The predicted molar refractivity (Wildman–Crippen MR) is 110 cm³/mol. The summed E-state index contributed by atoms with van der Waals surface area (Å²) in [6.45, 7) is 7.25. The fourth-order valence-corrected chi connectivity index (χ4v) is 3.88. The van der Waals surface area contributed by atoms with Gasteiger partial charge in [-0.05, 0) is 32.9 Å². The van der Waals surface area contributed by atoms with Crippen LogP contribution in [-0.2, 0) is 13.0 Å². The smallest absolute Gasteiger partial charge is 0.322 e. The number of carbonyl (C=O) groups excluding carboxylic acids is 2. The molecule has 0 bridgehead atoms. The van der Waals surface area contributed by atoms with Crippen molar-refractivity contribution in [2.75, 3.05) is 23.8 Å². The topological polar surface area (TPSA) is 95.6 Å². The molecule has 1 aliphatic heterocycles. The van der Waals surface area contributed by atoms with Crippen LogP contribution in [0.5, 0.6) is 5.75 Å². The molecule has 2 aromatic rings. The van der Waals surface area contributed by atoms with E-state index in [9.17, 15) is 9.59 Å². The maximum atomic E-state index is 12.7. The van der Waals surface area contributed by atoms with E-state index in [2.05, 4.69) is 20.9 Å². The highest BCUT2D eigenvalue weighted by Crippen LogP contribution is 2.29. The van der Waals surface area contributed by atoms with Crippen LogP contribution in [0.2, 0.25) is 0 Å². The summed E-state index contributed by atoms with van der Waals surface area (Å²) < 4.78 is 5.56. The molecule has 150 valence electrons. The minimum atomic E-state index is -0.275. The summed E-state index contributed by atoms with van der Waals surface area (Å²) in [5.41, 5.74) is 1.58. The zero-order chi connectivity index (χ0) is 20.1. The number of rotatable bonds is 5. The van der Waals surface area contributed by atoms with Crippen LogP contribution in [0.1, 0.15) is 31.3 Å². The lowest BCUT2D eigenvalue weighted by molar-refractivity contribution is 0.206. The fourth-order valence-electron chi connectivity index (χ4n) is 2.86. The van der Waals surface area contributed by atoms with Crippen molar-refractivity contribution in [3.8, 4) is 5.75 Å². The van der Waals surface area contributed by atoms with E-state index in [1.165, 1.54) is 11.3 Å². The van der Waals surface area contributed by atoms with Gasteiger partial charge in [0.15, 0.2) is 5.13 Å². The molecule has 8 nitrogen and oxygen atoms in total. The Morgan fingerprint density at radius 3 is 2.82 bits per heavy atom. The zero-order valence-electron chi connectivity index (χ0n) is 16.2. The number of anilines is 2. The third-order valence-electron chi connectivity index (χ3n) is 4.09. The van der Waals surface area contributed by atoms with Crippen LogP contribution in [0, 0.1) is 0 Å². The minimum absolute atomic E-state index is 0.0494. The molecule has 1 aliphatic rings. The average molecular weight is 404 g/mol. The van der Waals surface area contributed by atoms with Crippen molar-refractivity contribution in [2.45, 2.75) is 39.8 Å². The highest BCUT2D eigenvalue weighted by Gasteiger charge is 2.25. The Morgan fingerprint density at radius 1 is 1.29 bits per heavy atom. The summed E-state index contributed by atoms with van der Waals surface area (Å²) in [5, 5.41) is 9.00. The molecule has 3 rings (SSSR count). The lowest BCUT2D eigenvalue weighted by Crippen LogP contribution is -2.38. The molecule has 0 spiro atoms. The molecule has 2 heterocycles. The molecular formula is C19H25N5O3S. The summed E-state index contributed by atoms with van der Waals surface area (Å²) >= 11 is 1.40. The summed E-state index contributed by atoms with van der Waals surface area (Å²) in [4.78, 5) is 31.8. The summed E-state index contributed by atoms with van der Waals surface area (Å²) in [6, 6.07) is 6.97. The number of thiazole rings is 1. The van der Waals surface area contributed by atoms with Gasteiger partial charge < -0.3 is 20.3 Å². The number of hydrogen-bond acceptors (Lipinski definition) is 5. The second kappa shape index (κ2) is 8.92. The van der Waals surface area contributed by atoms with Crippen molar-refractivity contribution in [2.24, 2.45) is 0 Å². The number of hydrogen-bond donors (Lipinski definition) is 3. The van der Waals surface area contributed by atoms with Gasteiger partial charge in [-0.15, -0.1) is 0 Å². The molecule has 3 N–H and O–H groups in total. The van der Waals surface area contributed by atoms with Gasteiger partial charge in [0.2, 0.25) is 0 Å². The lowest BCUT2D eigenvalue weighted by Gasteiger charge is -2.26. The van der Waals surface area contributed by atoms with Crippen molar-refractivity contribution >= 4 is 34.2 Å². The molecule has 1 aromatic heterocycles. The standard InChI is InChI=1S/C19H25N5O3S/c1-4-27-15-8-6-5-7-13(15)22-19(26)24-10-9-14-16(11-24)28-18(21-14)23-17(25)20-12(2)3/h5-8,12H,4,9-11H2,1-3H3,(H,22,26)(H2,20,21,23,25). The summed E-state index contributed by atoms with van der Waals surface area (Å²) in [5.74, 6) is 0.650. The molecule has 0 unspecified atom stereocenters. The summed E-state index contributed by atoms with van der Waals surface area (Å²) in [6.07, 6.45) is 0.653. The van der Waals surface area contributed by atoms with Gasteiger partial charge in [-0.1, -0.05) is 23.5 Å². The molecule has 0 atom stereocenters. The molecule has 0 fully saturated rings. The van der Waals surface area contributed by atoms with Crippen molar-refractivity contribution in [1.29, 1.82) is 0 Å². The van der Waals surface area contributed by atoms with Crippen LogP contribution >= 0.6 is 11.3 Å². The Labute approximate surface area is 168 Å². The number of nitrogens with zero attached hydrogens (tertiary/aromatic N) is 2. The number of para-hydroxylation sites is 2. The predicted octanol–water partition coefficient (Wildman–Crippen LogP) is 3.66. The largest absolute Gasteiger partial charge is 0.492 e. The van der Waals surface area contributed by atoms with E-state index in [1.54, 1.807) is 4.90 Å². The number of fused-ring (bicyclic) bond motifs is 1. The van der Waals surface area contributed by atoms with E-state index in [0.717, 1.165) is 10.6 Å². The molecule has 0 radical (unpaired) electrons. The first kappa shape index (κ1) is 19.9. The van der Waals surface area contributed by atoms with Gasteiger partial charge in [0.25, 0.3) is 0 Å². The van der Waals surface area contributed by atoms with E-state index >= 15 is 0 Å². The van der Waals surface area contributed by atoms with Crippen molar-refractivity contribution in [1.82, 2.24) is 15.2 Å². The first-order chi connectivity index (χ1) is 13.5. The molecule has 4 amide bonds. The number of benzene rings is 1. The Kier molecular flexibility index (Phi) is 6.35. The zero-order valence-corrected chi connectivity index (χ0v) is 17.1. The van der Waals surface area contributed by atoms with Gasteiger partial charge in [-0.2, -0.15) is 0 Å². The highest BCUT2D eigenvalue weighted by molar-refractivity contribution is 7.15. The van der Waals surface area contributed by atoms with Crippen molar-refractivity contribution in [3.05, 3.63) is 34.8 Å². The lowest BCUT2D eigenvalue weighted by atomic mass is 10.2. The maximum Gasteiger partial charge on any atom is 0.322 e. The Bertz CT molecular complexity index is 852. The Morgan fingerprint density at radius 2 is 2.07 bits per heavy atom. The van der Waals surface area contributed by atoms with Gasteiger partial charge in [0.05, 0.1) is 24.5 Å². The second-order valence-corrected chi connectivity index (χ2v) is 7.76. The number of nitrogens with one attached hydrogen (secondary N) is 3. The molecule has 0 aliphatic carbocycles. The van der Waals surface area contributed by atoms with Gasteiger partial charge in [0.1, 0.15) is 5.75 Å². The summed E-state index contributed by atoms with van der Waals surface area (Å²) in [7, 11) is 0. The van der Waals surface area contributed by atoms with Crippen LogP contribution in [0.4, 0.5) is 20.4 Å². The molecule has 0 saturated heterocycles. The quantitative estimate of drug-likeness (QED) is 0.710. The van der Waals surface area contributed by atoms with Crippen LogP contribution in [-0.4, -0.2) is 41.1 Å². The molecule has 28 heavy (non-hydrogen) atoms. The number of ether oxygens (including phenoxy) is 1. The van der Waals surface area contributed by atoms with E-state index < -0.39 is 0 Å². The minimum Gasteiger partial charge on any atom is -0.492 e. The average Bonchev–Trinajstić information content (AvgIpc) is 3.03. The van der Waals surface area contributed by atoms with Gasteiger partial charge in [0, 0.05) is 23.9 Å².